The van der Waals surface area contributed by atoms with E-state index in [0.29, 0.717) is 0 Å². The van der Waals surface area contributed by atoms with Crippen LogP contribution in [0, 0.1) is 0 Å². The summed E-state index contributed by atoms with van der Waals surface area (Å²) in [7, 11) is 0. The quantitative estimate of drug-likeness (QED) is 0.171. The third-order valence-electron chi connectivity index (χ3n) is 6.64. The second kappa shape index (κ2) is 19.6. The lowest BCUT2D eigenvalue weighted by Crippen LogP contribution is -2.04. The maximum absolute atomic E-state index is 5.58. The highest BCUT2D eigenvalue weighted by Crippen LogP contribution is 2.22. The Bertz CT molecular complexity index is 705. The van der Waals surface area contributed by atoms with E-state index < -0.39 is 0 Å². The summed E-state index contributed by atoms with van der Waals surface area (Å²) >= 11 is 0. The van der Waals surface area contributed by atoms with Crippen LogP contribution in [0.3, 0.4) is 0 Å². The average molecular weight is 467 g/mol. The molecule has 0 bridgehead atoms. The first kappa shape index (κ1) is 28.6. The maximum Gasteiger partial charge on any atom is 0.0700 e. The van der Waals surface area contributed by atoms with E-state index in [-0.39, 0.29) is 0 Å². The Morgan fingerprint density at radius 3 is 1.38 bits per heavy atom. The van der Waals surface area contributed by atoms with Crippen molar-refractivity contribution in [2.75, 3.05) is 26.4 Å². The van der Waals surface area contributed by atoms with Crippen molar-refractivity contribution >= 4 is 0 Å². The molecule has 0 N–H and O–H groups in total. The fourth-order valence-electron chi connectivity index (χ4n) is 4.44. The SMILES string of the molecule is CCCCCCCCCCc1ccc(-c2ccc(CCCCCCOCCOCC)cc2)cc1. The van der Waals surface area contributed by atoms with Gasteiger partial charge in [-0.05, 0) is 61.3 Å². The van der Waals surface area contributed by atoms with Crippen molar-refractivity contribution in [2.45, 2.75) is 104 Å². The van der Waals surface area contributed by atoms with Crippen LogP contribution in [0.25, 0.3) is 11.1 Å². The minimum atomic E-state index is 0.718. The molecule has 190 valence electrons. The number of ether oxygens (including phenoxy) is 2. The molecule has 0 amide bonds. The Hall–Kier alpha value is -1.64. The van der Waals surface area contributed by atoms with Crippen LogP contribution in [0.2, 0.25) is 0 Å². The first-order chi connectivity index (χ1) is 16.8. The molecular weight excluding hydrogens is 416 g/mol. The zero-order valence-corrected chi connectivity index (χ0v) is 22.2. The van der Waals surface area contributed by atoms with Gasteiger partial charge in [-0.25, -0.2) is 0 Å². The molecule has 2 rings (SSSR count). The van der Waals surface area contributed by atoms with E-state index in [1.165, 1.54) is 106 Å². The maximum atomic E-state index is 5.58. The van der Waals surface area contributed by atoms with Crippen LogP contribution < -0.4 is 0 Å². The van der Waals surface area contributed by atoms with Gasteiger partial charge in [0.15, 0.2) is 0 Å². The lowest BCUT2D eigenvalue weighted by molar-refractivity contribution is 0.0513. The van der Waals surface area contributed by atoms with Gasteiger partial charge < -0.3 is 9.47 Å². The van der Waals surface area contributed by atoms with Gasteiger partial charge >= 0.3 is 0 Å². The van der Waals surface area contributed by atoms with E-state index in [9.17, 15) is 0 Å². The van der Waals surface area contributed by atoms with Crippen LogP contribution in [0.1, 0.15) is 102 Å². The van der Waals surface area contributed by atoms with Gasteiger partial charge in [-0.2, -0.15) is 0 Å². The zero-order valence-electron chi connectivity index (χ0n) is 22.2. The number of rotatable bonds is 21. The summed E-state index contributed by atoms with van der Waals surface area (Å²) in [6.07, 6.45) is 18.4. The number of hydrogen-bond donors (Lipinski definition) is 0. The third-order valence-corrected chi connectivity index (χ3v) is 6.64. The largest absolute Gasteiger partial charge is 0.379 e. The van der Waals surface area contributed by atoms with Crippen LogP contribution in [-0.2, 0) is 22.3 Å². The van der Waals surface area contributed by atoms with Crippen molar-refractivity contribution in [1.29, 1.82) is 0 Å². The Morgan fingerprint density at radius 1 is 0.441 bits per heavy atom. The van der Waals surface area contributed by atoms with E-state index in [2.05, 4.69) is 55.5 Å². The minimum Gasteiger partial charge on any atom is -0.379 e. The molecule has 0 saturated carbocycles. The predicted molar refractivity (Wildman–Crippen MR) is 148 cm³/mol. The molecule has 0 saturated heterocycles. The molecule has 0 radical (unpaired) electrons. The summed E-state index contributed by atoms with van der Waals surface area (Å²) in [6.45, 7) is 7.38. The summed E-state index contributed by atoms with van der Waals surface area (Å²) in [5.74, 6) is 0. The normalized spacial score (nSPS) is 11.2. The van der Waals surface area contributed by atoms with Gasteiger partial charge in [-0.3, -0.25) is 0 Å². The summed E-state index contributed by atoms with van der Waals surface area (Å²) in [5.41, 5.74) is 5.58. The number of benzene rings is 2. The lowest BCUT2D eigenvalue weighted by atomic mass is 9.99. The van der Waals surface area contributed by atoms with Gasteiger partial charge in [0.2, 0.25) is 0 Å². The highest BCUT2D eigenvalue weighted by Gasteiger charge is 2.01. The van der Waals surface area contributed by atoms with Crippen LogP contribution in [-0.4, -0.2) is 26.4 Å². The monoisotopic (exact) mass is 466 g/mol. The van der Waals surface area contributed by atoms with Gasteiger partial charge in [0.25, 0.3) is 0 Å². The molecule has 0 aliphatic heterocycles. The third kappa shape index (κ3) is 13.3. The summed E-state index contributed by atoms with van der Waals surface area (Å²) in [5, 5.41) is 0. The first-order valence-electron chi connectivity index (χ1n) is 14.2. The van der Waals surface area contributed by atoms with E-state index in [1.54, 1.807) is 0 Å². The lowest BCUT2D eigenvalue weighted by Gasteiger charge is -2.07. The summed E-state index contributed by atoms with van der Waals surface area (Å²) < 4.78 is 10.9. The van der Waals surface area contributed by atoms with E-state index in [0.717, 1.165) is 32.8 Å². The molecule has 0 spiro atoms. The highest BCUT2D eigenvalue weighted by molar-refractivity contribution is 5.63. The Balaban J connectivity index is 1.56. The summed E-state index contributed by atoms with van der Waals surface area (Å²) in [4.78, 5) is 0. The van der Waals surface area contributed by atoms with Gasteiger partial charge in [-0.15, -0.1) is 0 Å². The molecule has 34 heavy (non-hydrogen) atoms. The van der Waals surface area contributed by atoms with Crippen LogP contribution in [0.15, 0.2) is 48.5 Å². The molecule has 2 aromatic rings. The second-order valence-corrected chi connectivity index (χ2v) is 9.59. The molecule has 0 aliphatic rings. The molecule has 2 nitrogen and oxygen atoms in total. The molecule has 0 heterocycles. The van der Waals surface area contributed by atoms with Crippen LogP contribution in [0.4, 0.5) is 0 Å². The van der Waals surface area contributed by atoms with Gasteiger partial charge in [0.1, 0.15) is 0 Å². The molecule has 0 aromatic heterocycles. The van der Waals surface area contributed by atoms with Gasteiger partial charge in [-0.1, -0.05) is 113 Å². The molecule has 0 atom stereocenters. The Morgan fingerprint density at radius 2 is 0.882 bits per heavy atom. The van der Waals surface area contributed by atoms with Crippen molar-refractivity contribution in [3.63, 3.8) is 0 Å². The van der Waals surface area contributed by atoms with E-state index >= 15 is 0 Å². The second-order valence-electron chi connectivity index (χ2n) is 9.59. The fraction of sp³-hybridized carbons (Fsp3) is 0.625. The molecule has 0 fully saturated rings. The topological polar surface area (TPSA) is 18.5 Å². The molecular formula is C32H50O2. The Labute approximate surface area is 210 Å². The van der Waals surface area contributed by atoms with Crippen molar-refractivity contribution in [2.24, 2.45) is 0 Å². The number of hydrogen-bond acceptors (Lipinski definition) is 2. The van der Waals surface area contributed by atoms with Crippen molar-refractivity contribution in [3.8, 4) is 11.1 Å². The standard InChI is InChI=1S/C32H50O2/c1-3-5-6-7-8-9-10-13-16-29-18-22-31(23-19-29)32-24-20-30(21-25-32)17-14-11-12-15-26-34-28-27-33-4-2/h18-25H,3-17,26-28H2,1-2H3. The van der Waals surface area contributed by atoms with Crippen molar-refractivity contribution in [1.82, 2.24) is 0 Å². The van der Waals surface area contributed by atoms with Crippen molar-refractivity contribution < 1.29 is 9.47 Å². The number of aryl methyl sites for hydroxylation is 2. The summed E-state index contributed by atoms with van der Waals surface area (Å²) in [6, 6.07) is 18.4. The fourth-order valence-corrected chi connectivity index (χ4v) is 4.44. The van der Waals surface area contributed by atoms with Crippen LogP contribution >= 0.6 is 0 Å². The molecule has 0 aliphatic carbocycles. The Kier molecular flexibility index (Phi) is 16.5. The highest BCUT2D eigenvalue weighted by atomic mass is 16.5. The number of unbranched alkanes of at least 4 members (excludes halogenated alkanes) is 10. The molecule has 0 unspecified atom stereocenters. The first-order valence-corrected chi connectivity index (χ1v) is 14.2. The minimum absolute atomic E-state index is 0.718. The average Bonchev–Trinajstić information content (AvgIpc) is 2.87. The molecule has 2 heteroatoms. The zero-order chi connectivity index (χ0) is 24.1. The van der Waals surface area contributed by atoms with E-state index in [1.807, 2.05) is 6.92 Å². The smallest absolute Gasteiger partial charge is 0.0700 e. The van der Waals surface area contributed by atoms with Gasteiger partial charge in [0, 0.05) is 13.2 Å². The van der Waals surface area contributed by atoms with Gasteiger partial charge in [0.05, 0.1) is 13.2 Å². The predicted octanol–water partition coefficient (Wildman–Crippen LogP) is 9.19. The molecule has 2 aromatic carbocycles. The van der Waals surface area contributed by atoms with Crippen LogP contribution in [0.5, 0.6) is 0 Å². The van der Waals surface area contributed by atoms with Crippen molar-refractivity contribution in [3.05, 3.63) is 59.7 Å². The van der Waals surface area contributed by atoms with E-state index in [4.69, 9.17) is 9.47 Å².